The number of aromatic nitrogens is 2. The van der Waals surface area contributed by atoms with Crippen LogP contribution in [-0.2, 0) is 0 Å². The summed E-state index contributed by atoms with van der Waals surface area (Å²) in [5, 5.41) is 0. The van der Waals surface area contributed by atoms with Crippen LogP contribution in [0.4, 0.5) is 13.2 Å². The lowest BCUT2D eigenvalue weighted by atomic mass is 9.87. The maximum atomic E-state index is 15.1. The van der Waals surface area contributed by atoms with Gasteiger partial charge in [-0.2, -0.15) is 0 Å². The Balaban J connectivity index is 1.52. The van der Waals surface area contributed by atoms with Crippen LogP contribution in [-0.4, -0.2) is 45.5 Å². The van der Waals surface area contributed by atoms with Gasteiger partial charge in [0, 0.05) is 37.2 Å². The van der Waals surface area contributed by atoms with Gasteiger partial charge in [0.25, 0.3) is 11.5 Å². The number of halogens is 3. The zero-order chi connectivity index (χ0) is 20.0. The first-order valence-electron chi connectivity index (χ1n) is 9.82. The van der Waals surface area contributed by atoms with E-state index in [1.165, 1.54) is 6.08 Å². The van der Waals surface area contributed by atoms with Gasteiger partial charge in [-0.3, -0.25) is 19.2 Å². The fourth-order valence-corrected chi connectivity index (χ4v) is 5.56. The maximum absolute atomic E-state index is 15.1. The SMILES string of the molecule is CC1c2c(c(=O)[nH]c(=O)n2C2CC2)C=C(F)C1N1CC2CC(F)(F)C(N)C2C1. The van der Waals surface area contributed by atoms with Crippen molar-refractivity contribution < 1.29 is 13.2 Å². The molecule has 1 saturated heterocycles. The molecular formula is C19H23F3N4O2. The number of fused-ring (bicyclic) bond motifs is 2. The van der Waals surface area contributed by atoms with E-state index in [2.05, 4.69) is 4.98 Å². The van der Waals surface area contributed by atoms with Gasteiger partial charge in [-0.15, -0.1) is 0 Å². The molecule has 4 aliphatic rings. The van der Waals surface area contributed by atoms with Gasteiger partial charge in [0.2, 0.25) is 0 Å². The van der Waals surface area contributed by atoms with E-state index in [0.29, 0.717) is 18.8 Å². The molecule has 28 heavy (non-hydrogen) atoms. The third-order valence-corrected chi connectivity index (χ3v) is 7.00. The van der Waals surface area contributed by atoms with Crippen molar-refractivity contribution in [2.75, 3.05) is 13.1 Å². The molecule has 5 rings (SSSR count). The van der Waals surface area contributed by atoms with E-state index in [9.17, 15) is 18.4 Å². The lowest BCUT2D eigenvalue weighted by Crippen LogP contribution is -2.47. The number of hydrogen-bond donors (Lipinski definition) is 2. The molecule has 6 nitrogen and oxygen atoms in total. The molecule has 1 aromatic rings. The molecule has 1 aliphatic heterocycles. The summed E-state index contributed by atoms with van der Waals surface area (Å²) in [4.78, 5) is 28.8. The number of alkyl halides is 2. The lowest BCUT2D eigenvalue weighted by molar-refractivity contribution is -0.0203. The molecule has 152 valence electrons. The summed E-state index contributed by atoms with van der Waals surface area (Å²) in [6.07, 6.45) is 2.63. The number of nitrogens with one attached hydrogen (secondary N) is 1. The molecule has 0 amide bonds. The third kappa shape index (κ3) is 2.48. The molecule has 2 saturated carbocycles. The van der Waals surface area contributed by atoms with E-state index < -0.39 is 41.0 Å². The van der Waals surface area contributed by atoms with Crippen LogP contribution in [0.5, 0.6) is 0 Å². The Bertz CT molecular complexity index is 980. The average molecular weight is 396 g/mol. The molecule has 3 N–H and O–H groups in total. The second-order valence-corrected chi connectivity index (χ2v) is 8.79. The quantitative estimate of drug-likeness (QED) is 0.795. The highest BCUT2D eigenvalue weighted by molar-refractivity contribution is 5.59. The second-order valence-electron chi connectivity index (χ2n) is 8.79. The Morgan fingerprint density at radius 3 is 2.61 bits per heavy atom. The van der Waals surface area contributed by atoms with Crippen molar-refractivity contribution in [1.82, 2.24) is 14.5 Å². The summed E-state index contributed by atoms with van der Waals surface area (Å²) >= 11 is 0. The standard InChI is InChI=1S/C19H23F3N4O2/c1-8-14-11(17(27)24-18(28)26(14)10-2-3-10)4-13(20)15(8)25-6-9-5-19(21,22)16(23)12(9)7-25/h4,8-10,12,15-16H,2-3,5-7,23H2,1H3,(H,24,27,28). The van der Waals surface area contributed by atoms with E-state index in [4.69, 9.17) is 5.73 Å². The van der Waals surface area contributed by atoms with Crippen molar-refractivity contribution in [2.45, 2.75) is 56.2 Å². The van der Waals surface area contributed by atoms with E-state index in [-0.39, 0.29) is 29.9 Å². The summed E-state index contributed by atoms with van der Waals surface area (Å²) in [6.45, 7) is 2.44. The topological polar surface area (TPSA) is 84.1 Å². The van der Waals surface area contributed by atoms with Crippen LogP contribution in [0.3, 0.4) is 0 Å². The van der Waals surface area contributed by atoms with Gasteiger partial charge in [0.05, 0.1) is 17.6 Å². The third-order valence-electron chi connectivity index (χ3n) is 7.00. The van der Waals surface area contributed by atoms with Crippen LogP contribution in [0.2, 0.25) is 0 Å². The van der Waals surface area contributed by atoms with E-state index in [1.807, 2.05) is 4.90 Å². The highest BCUT2D eigenvalue weighted by Gasteiger charge is 2.58. The summed E-state index contributed by atoms with van der Waals surface area (Å²) in [6, 6.07) is -1.86. The number of hydrogen-bond acceptors (Lipinski definition) is 4. The fourth-order valence-electron chi connectivity index (χ4n) is 5.56. The van der Waals surface area contributed by atoms with E-state index in [0.717, 1.165) is 12.8 Å². The van der Waals surface area contributed by atoms with Crippen molar-refractivity contribution in [3.63, 3.8) is 0 Å². The Morgan fingerprint density at radius 1 is 1.25 bits per heavy atom. The first kappa shape index (κ1) is 18.2. The highest BCUT2D eigenvalue weighted by Crippen LogP contribution is 2.49. The average Bonchev–Trinajstić information content (AvgIpc) is 3.32. The molecule has 5 unspecified atom stereocenters. The van der Waals surface area contributed by atoms with Gasteiger partial charge in [-0.1, -0.05) is 6.92 Å². The predicted octanol–water partition coefficient (Wildman–Crippen LogP) is 1.58. The van der Waals surface area contributed by atoms with Crippen LogP contribution < -0.4 is 17.0 Å². The molecule has 9 heteroatoms. The van der Waals surface area contributed by atoms with Crippen molar-refractivity contribution in [2.24, 2.45) is 17.6 Å². The van der Waals surface area contributed by atoms with Gasteiger partial charge < -0.3 is 5.73 Å². The number of nitrogens with two attached hydrogens (primary N) is 1. The Labute approximate surface area is 159 Å². The fraction of sp³-hybridized carbons (Fsp3) is 0.684. The van der Waals surface area contributed by atoms with Crippen LogP contribution in [0.25, 0.3) is 6.08 Å². The minimum atomic E-state index is -2.87. The Morgan fingerprint density at radius 2 is 1.96 bits per heavy atom. The van der Waals surface area contributed by atoms with Crippen LogP contribution in [0.15, 0.2) is 15.4 Å². The van der Waals surface area contributed by atoms with Crippen LogP contribution in [0.1, 0.15) is 49.4 Å². The van der Waals surface area contributed by atoms with Crippen molar-refractivity contribution in [1.29, 1.82) is 0 Å². The van der Waals surface area contributed by atoms with E-state index >= 15 is 4.39 Å². The van der Waals surface area contributed by atoms with E-state index in [1.54, 1.807) is 11.5 Å². The Kier molecular flexibility index (Phi) is 3.78. The zero-order valence-corrected chi connectivity index (χ0v) is 15.5. The normalized spacial score (nSPS) is 36.9. The molecule has 0 aromatic carbocycles. The number of H-pyrrole nitrogens is 1. The summed E-state index contributed by atoms with van der Waals surface area (Å²) in [5.41, 5.74) is 5.46. The number of nitrogens with zero attached hydrogens (tertiary/aromatic N) is 2. The molecule has 2 heterocycles. The van der Waals surface area contributed by atoms with Crippen LogP contribution in [0, 0.1) is 11.8 Å². The smallest absolute Gasteiger partial charge is 0.322 e. The summed E-state index contributed by atoms with van der Waals surface area (Å²) in [5.74, 6) is -4.42. The lowest BCUT2D eigenvalue weighted by Gasteiger charge is -2.37. The second kappa shape index (κ2) is 5.82. The number of likely N-dealkylation sites (tertiary alicyclic amines) is 1. The first-order chi connectivity index (χ1) is 13.2. The number of aromatic amines is 1. The minimum absolute atomic E-state index is 0.0285. The molecule has 0 radical (unpaired) electrons. The van der Waals surface area contributed by atoms with Crippen molar-refractivity contribution >= 4 is 6.08 Å². The van der Waals surface area contributed by atoms with Gasteiger partial charge in [-0.25, -0.2) is 18.0 Å². The summed E-state index contributed by atoms with van der Waals surface area (Å²) in [7, 11) is 0. The highest BCUT2D eigenvalue weighted by atomic mass is 19.3. The molecule has 0 spiro atoms. The largest absolute Gasteiger partial charge is 0.328 e. The minimum Gasteiger partial charge on any atom is -0.322 e. The molecule has 0 bridgehead atoms. The maximum Gasteiger partial charge on any atom is 0.328 e. The summed E-state index contributed by atoms with van der Waals surface area (Å²) < 4.78 is 44.5. The Hall–Kier alpha value is -1.87. The monoisotopic (exact) mass is 396 g/mol. The van der Waals surface area contributed by atoms with Gasteiger partial charge >= 0.3 is 5.69 Å². The van der Waals surface area contributed by atoms with Crippen molar-refractivity contribution in [3.05, 3.63) is 37.9 Å². The molecular weight excluding hydrogens is 373 g/mol. The van der Waals surface area contributed by atoms with Gasteiger partial charge in [0.1, 0.15) is 5.83 Å². The van der Waals surface area contributed by atoms with Gasteiger partial charge in [-0.05, 0) is 30.8 Å². The molecule has 5 atom stereocenters. The number of rotatable bonds is 2. The molecule has 1 aromatic heterocycles. The van der Waals surface area contributed by atoms with Crippen LogP contribution >= 0.6 is 0 Å². The zero-order valence-electron chi connectivity index (χ0n) is 15.5. The molecule has 3 aliphatic carbocycles. The predicted molar refractivity (Wildman–Crippen MR) is 97.0 cm³/mol. The van der Waals surface area contributed by atoms with Crippen molar-refractivity contribution in [3.8, 4) is 0 Å². The first-order valence-corrected chi connectivity index (χ1v) is 9.82. The molecule has 3 fully saturated rings. The van der Waals surface area contributed by atoms with Gasteiger partial charge in [0.15, 0.2) is 0 Å².